The van der Waals surface area contributed by atoms with Crippen LogP contribution in [-0.2, 0) is 10.2 Å². The van der Waals surface area contributed by atoms with Gasteiger partial charge in [0.05, 0.1) is 5.69 Å². The van der Waals surface area contributed by atoms with E-state index in [1.54, 1.807) is 12.1 Å². The van der Waals surface area contributed by atoms with Gasteiger partial charge in [-0.1, -0.05) is 19.9 Å². The van der Waals surface area contributed by atoms with E-state index in [-0.39, 0.29) is 11.7 Å². The van der Waals surface area contributed by atoms with Crippen molar-refractivity contribution in [2.24, 2.45) is 5.92 Å². The molecule has 2 N–H and O–H groups in total. The van der Waals surface area contributed by atoms with Crippen molar-refractivity contribution in [2.75, 3.05) is 17.9 Å². The van der Waals surface area contributed by atoms with E-state index >= 15 is 0 Å². The van der Waals surface area contributed by atoms with Crippen LogP contribution < -0.4 is 9.03 Å². The summed E-state index contributed by atoms with van der Waals surface area (Å²) in [6, 6.07) is 6.10. The van der Waals surface area contributed by atoms with Gasteiger partial charge in [0.1, 0.15) is 5.75 Å². The first kappa shape index (κ1) is 13.8. The Bertz CT molecular complexity index is 471. The minimum atomic E-state index is -3.55. The van der Waals surface area contributed by atoms with Gasteiger partial charge in [-0.25, -0.2) is 0 Å². The van der Waals surface area contributed by atoms with Crippen molar-refractivity contribution in [1.82, 2.24) is 4.72 Å². The van der Waals surface area contributed by atoms with E-state index in [2.05, 4.69) is 4.72 Å². The number of nitrogens with zero attached hydrogens (tertiary/aromatic N) is 1. The van der Waals surface area contributed by atoms with Crippen molar-refractivity contribution in [2.45, 2.75) is 13.8 Å². The maximum absolute atomic E-state index is 11.9. The second-order valence-corrected chi connectivity index (χ2v) is 6.02. The van der Waals surface area contributed by atoms with E-state index in [0.717, 1.165) is 4.31 Å². The largest absolute Gasteiger partial charge is 0.508 e. The summed E-state index contributed by atoms with van der Waals surface area (Å²) in [5, 5.41) is 9.30. The van der Waals surface area contributed by atoms with Crippen LogP contribution in [-0.4, -0.2) is 27.1 Å². The SMILES string of the molecule is CC(C)CNS(=O)(=O)N(C)c1cccc(O)c1. The van der Waals surface area contributed by atoms with Gasteiger partial charge in [-0.05, 0) is 18.1 Å². The fourth-order valence-corrected chi connectivity index (χ4v) is 2.33. The lowest BCUT2D eigenvalue weighted by molar-refractivity contribution is 0.475. The molecule has 0 unspecified atom stereocenters. The van der Waals surface area contributed by atoms with Crippen LogP contribution in [0.2, 0.25) is 0 Å². The number of nitrogens with one attached hydrogen (secondary N) is 1. The van der Waals surface area contributed by atoms with Gasteiger partial charge in [-0.2, -0.15) is 13.1 Å². The zero-order valence-corrected chi connectivity index (χ0v) is 11.0. The molecule has 0 aliphatic heterocycles. The third-order valence-electron chi connectivity index (χ3n) is 2.23. The van der Waals surface area contributed by atoms with Crippen LogP contribution in [0.15, 0.2) is 24.3 Å². The molecule has 0 saturated carbocycles. The number of phenolic OH excluding ortho intramolecular Hbond substituents is 1. The first-order valence-electron chi connectivity index (χ1n) is 5.35. The molecule has 0 aliphatic carbocycles. The molecule has 0 saturated heterocycles. The minimum Gasteiger partial charge on any atom is -0.508 e. The number of benzene rings is 1. The van der Waals surface area contributed by atoms with Crippen molar-refractivity contribution in [3.05, 3.63) is 24.3 Å². The Morgan fingerprint density at radius 3 is 2.59 bits per heavy atom. The van der Waals surface area contributed by atoms with Crippen molar-refractivity contribution >= 4 is 15.9 Å². The van der Waals surface area contributed by atoms with E-state index in [9.17, 15) is 13.5 Å². The number of hydrogen-bond acceptors (Lipinski definition) is 3. The van der Waals surface area contributed by atoms with E-state index in [1.165, 1.54) is 19.2 Å². The minimum absolute atomic E-state index is 0.0356. The fraction of sp³-hybridized carbons (Fsp3) is 0.455. The van der Waals surface area contributed by atoms with Gasteiger partial charge < -0.3 is 5.11 Å². The van der Waals surface area contributed by atoms with Crippen LogP contribution in [0.5, 0.6) is 5.75 Å². The normalized spacial score (nSPS) is 11.8. The second-order valence-electron chi connectivity index (χ2n) is 4.23. The smallest absolute Gasteiger partial charge is 0.301 e. The summed E-state index contributed by atoms with van der Waals surface area (Å²) in [6.45, 7) is 4.24. The molecule has 0 amide bonds. The lowest BCUT2D eigenvalue weighted by atomic mass is 10.2. The molecule has 0 aliphatic rings. The Labute approximate surface area is 102 Å². The molecule has 5 nitrogen and oxygen atoms in total. The molecule has 0 fully saturated rings. The van der Waals surface area contributed by atoms with E-state index in [4.69, 9.17) is 0 Å². The lowest BCUT2D eigenvalue weighted by Crippen LogP contribution is -2.39. The van der Waals surface area contributed by atoms with Crippen molar-refractivity contribution in [3.8, 4) is 5.75 Å². The van der Waals surface area contributed by atoms with Crippen LogP contribution in [0.1, 0.15) is 13.8 Å². The summed E-state index contributed by atoms with van der Waals surface area (Å²) >= 11 is 0. The molecule has 0 bridgehead atoms. The molecule has 1 aromatic rings. The van der Waals surface area contributed by atoms with Crippen LogP contribution in [0.4, 0.5) is 5.69 Å². The van der Waals surface area contributed by atoms with Gasteiger partial charge >= 0.3 is 10.2 Å². The van der Waals surface area contributed by atoms with E-state index < -0.39 is 10.2 Å². The predicted octanol–water partition coefficient (Wildman–Crippen LogP) is 1.32. The number of rotatable bonds is 5. The second kappa shape index (κ2) is 5.37. The average Bonchev–Trinajstić information content (AvgIpc) is 2.25. The standard InChI is InChI=1S/C11H18N2O3S/c1-9(2)8-12-17(15,16)13(3)10-5-4-6-11(14)7-10/h4-7,9,12,14H,8H2,1-3H3. The molecule has 6 heteroatoms. The first-order valence-corrected chi connectivity index (χ1v) is 6.79. The summed E-state index contributed by atoms with van der Waals surface area (Å²) in [5.74, 6) is 0.274. The molecular weight excluding hydrogens is 240 g/mol. The first-order chi connectivity index (χ1) is 7.83. The average molecular weight is 258 g/mol. The Hall–Kier alpha value is -1.27. The molecule has 1 rings (SSSR count). The molecule has 96 valence electrons. The Kier molecular flexibility index (Phi) is 4.36. The molecule has 0 radical (unpaired) electrons. The Balaban J connectivity index is 2.85. The number of anilines is 1. The Morgan fingerprint density at radius 1 is 1.41 bits per heavy atom. The summed E-state index contributed by atoms with van der Waals surface area (Å²) in [6.07, 6.45) is 0. The van der Waals surface area contributed by atoms with Gasteiger partial charge in [-0.3, -0.25) is 4.31 Å². The third kappa shape index (κ3) is 3.90. The van der Waals surface area contributed by atoms with Crippen LogP contribution in [0, 0.1) is 5.92 Å². The number of phenols is 1. The maximum atomic E-state index is 11.9. The highest BCUT2D eigenvalue weighted by atomic mass is 32.2. The van der Waals surface area contributed by atoms with Gasteiger partial charge in [0.2, 0.25) is 0 Å². The monoisotopic (exact) mass is 258 g/mol. The molecular formula is C11H18N2O3S. The third-order valence-corrected chi connectivity index (χ3v) is 3.69. The van der Waals surface area contributed by atoms with Crippen molar-refractivity contribution in [3.63, 3.8) is 0 Å². The zero-order chi connectivity index (χ0) is 13.1. The molecule has 0 spiro atoms. The maximum Gasteiger partial charge on any atom is 0.301 e. The number of aromatic hydroxyl groups is 1. The zero-order valence-electron chi connectivity index (χ0n) is 10.2. The molecule has 17 heavy (non-hydrogen) atoms. The van der Waals surface area contributed by atoms with Gasteiger partial charge in [-0.15, -0.1) is 0 Å². The summed E-state index contributed by atoms with van der Waals surface area (Å²) < 4.78 is 27.4. The van der Waals surface area contributed by atoms with Crippen LogP contribution in [0.25, 0.3) is 0 Å². The quantitative estimate of drug-likeness (QED) is 0.837. The lowest BCUT2D eigenvalue weighted by Gasteiger charge is -2.20. The van der Waals surface area contributed by atoms with Gasteiger partial charge in [0.25, 0.3) is 0 Å². The van der Waals surface area contributed by atoms with E-state index in [0.29, 0.717) is 12.2 Å². The molecule has 1 aromatic carbocycles. The van der Waals surface area contributed by atoms with Gasteiger partial charge in [0, 0.05) is 19.7 Å². The Morgan fingerprint density at radius 2 is 2.06 bits per heavy atom. The summed E-state index contributed by atoms with van der Waals surface area (Å²) in [4.78, 5) is 0. The molecule has 0 heterocycles. The summed E-state index contributed by atoms with van der Waals surface area (Å²) in [7, 11) is -2.11. The summed E-state index contributed by atoms with van der Waals surface area (Å²) in [5.41, 5.74) is 0.418. The fourth-order valence-electron chi connectivity index (χ4n) is 1.20. The predicted molar refractivity (Wildman–Crippen MR) is 68.3 cm³/mol. The highest BCUT2D eigenvalue weighted by molar-refractivity contribution is 7.90. The van der Waals surface area contributed by atoms with Crippen molar-refractivity contribution in [1.29, 1.82) is 0 Å². The highest BCUT2D eigenvalue weighted by Crippen LogP contribution is 2.20. The van der Waals surface area contributed by atoms with Gasteiger partial charge in [0.15, 0.2) is 0 Å². The number of hydrogen-bond donors (Lipinski definition) is 2. The van der Waals surface area contributed by atoms with Crippen LogP contribution in [0.3, 0.4) is 0 Å². The molecule has 0 aromatic heterocycles. The van der Waals surface area contributed by atoms with Crippen molar-refractivity contribution < 1.29 is 13.5 Å². The highest BCUT2D eigenvalue weighted by Gasteiger charge is 2.18. The van der Waals surface area contributed by atoms with Crippen LogP contribution >= 0.6 is 0 Å². The topological polar surface area (TPSA) is 69.6 Å². The molecule has 0 atom stereocenters. The van der Waals surface area contributed by atoms with E-state index in [1.807, 2.05) is 13.8 Å².